The van der Waals surface area contributed by atoms with Gasteiger partial charge in [-0.05, 0) is 71.8 Å². The number of Topliss-reactive ketones (excluding diaryl/α,β-unsaturated/α-hetero) is 1. The van der Waals surface area contributed by atoms with E-state index in [4.69, 9.17) is 5.73 Å². The molecule has 1 saturated heterocycles. The van der Waals surface area contributed by atoms with Gasteiger partial charge in [-0.3, -0.25) is 19.2 Å². The van der Waals surface area contributed by atoms with E-state index in [0.717, 1.165) is 30.0 Å². The van der Waals surface area contributed by atoms with Crippen LogP contribution in [0, 0.1) is 34.0 Å². The van der Waals surface area contributed by atoms with Gasteiger partial charge in [0.2, 0.25) is 17.6 Å². The van der Waals surface area contributed by atoms with Crippen LogP contribution in [0.1, 0.15) is 92.9 Å². The Kier molecular flexibility index (Phi) is 11.2. The fourth-order valence-electron chi connectivity index (χ4n) is 8.61. The lowest BCUT2D eigenvalue weighted by Gasteiger charge is -2.44. The number of carbonyl (C=O) groups is 5. The zero-order valence-corrected chi connectivity index (χ0v) is 32.4. The van der Waals surface area contributed by atoms with Crippen LogP contribution >= 0.6 is 0 Å². The van der Waals surface area contributed by atoms with Gasteiger partial charge < -0.3 is 26.6 Å². The zero-order chi connectivity index (χ0) is 38.4. The number of piperidine rings is 1. The number of pyridine rings is 1. The molecule has 1 aromatic rings. The quantitative estimate of drug-likeness (QED) is 0.221. The summed E-state index contributed by atoms with van der Waals surface area (Å²) in [6.45, 7) is 12.1. The molecule has 5 rings (SSSR count). The van der Waals surface area contributed by atoms with Gasteiger partial charge in [-0.25, -0.2) is 18.2 Å². The second-order valence-electron chi connectivity index (χ2n) is 17.4. The van der Waals surface area contributed by atoms with Gasteiger partial charge in [0.25, 0.3) is 15.9 Å². The molecule has 1 aliphatic heterocycles. The van der Waals surface area contributed by atoms with Crippen molar-refractivity contribution in [3.05, 3.63) is 24.4 Å². The molecule has 4 aliphatic rings. The Morgan fingerprint density at radius 2 is 1.65 bits per heavy atom. The highest BCUT2D eigenvalue weighted by Gasteiger charge is 2.70. The zero-order valence-electron chi connectivity index (χ0n) is 31.6. The molecule has 5 N–H and O–H groups in total. The average molecular weight is 744 g/mol. The first-order chi connectivity index (χ1) is 24.2. The summed E-state index contributed by atoms with van der Waals surface area (Å²) in [5.74, 6) is -3.08. The van der Waals surface area contributed by atoms with E-state index < -0.39 is 68.6 Å². The predicted octanol–water partition coefficient (Wildman–Crippen LogP) is 2.58. The lowest BCUT2D eigenvalue weighted by molar-refractivity contribution is -0.146. The molecule has 0 radical (unpaired) electrons. The number of rotatable bonds is 13. The minimum atomic E-state index is -3.95. The molecule has 3 aliphatic carbocycles. The number of urea groups is 1. The molecule has 15 heteroatoms. The average Bonchev–Trinajstić information content (AvgIpc) is 3.36. The van der Waals surface area contributed by atoms with Gasteiger partial charge in [-0.15, -0.1) is 0 Å². The number of hydrogen-bond donors (Lipinski definition) is 4. The Hall–Kier alpha value is -3.59. The molecule has 1 aromatic heterocycles. The van der Waals surface area contributed by atoms with Crippen molar-refractivity contribution in [3.8, 4) is 0 Å². The first-order valence-electron chi connectivity index (χ1n) is 18.6. The molecule has 288 valence electrons. The standard InChI is InChI=1S/C37H57N7O7S/c1-35(2,3)24(21-43(7)52(50,51)25-16-9-12-19-39-25)40-34(49)42-30(37(6)17-10-8-11-18-37)33(48)44-20-23-26(36(23,4)5)28(44)32(47)41-27(22-14-13-15-22)29(45)31(38)46/h9,12,16,19,22-24,26-28,30H,8,10-11,13-15,17-18,20-21H2,1-7H3,(H2,38,46)(H,41,47)(H2,40,42,49)/t23-,24+,26-,27?,28-,30+/m0/s1. The van der Waals surface area contributed by atoms with Crippen molar-refractivity contribution < 1.29 is 32.4 Å². The van der Waals surface area contributed by atoms with Crippen molar-refractivity contribution in [3.63, 3.8) is 0 Å². The SMILES string of the molecule is CN(C[C@@H](NC(=O)N[C@H](C(=O)N1C[C@H]2[C@@H]([C@H]1C(=O)NC(C(=O)C(N)=O)C1CCC1)C2(C)C)C1(C)CCCCC1)C(C)(C)C)S(=O)(=O)c1ccccn1. The molecule has 6 atom stereocenters. The predicted molar refractivity (Wildman–Crippen MR) is 194 cm³/mol. The Morgan fingerprint density at radius 3 is 2.19 bits per heavy atom. The molecule has 52 heavy (non-hydrogen) atoms. The van der Waals surface area contributed by atoms with Crippen LogP contribution in [0.15, 0.2) is 29.4 Å². The summed E-state index contributed by atoms with van der Waals surface area (Å²) in [6.07, 6.45) is 7.82. The Balaban J connectivity index is 1.38. The van der Waals surface area contributed by atoms with Crippen LogP contribution in [0.5, 0.6) is 0 Å². The second kappa shape index (κ2) is 14.7. The molecule has 3 saturated carbocycles. The summed E-state index contributed by atoms with van der Waals surface area (Å²) in [4.78, 5) is 73.3. The summed E-state index contributed by atoms with van der Waals surface area (Å²) in [5.41, 5.74) is 3.97. The van der Waals surface area contributed by atoms with E-state index in [1.165, 1.54) is 19.3 Å². The van der Waals surface area contributed by atoms with Crippen LogP contribution < -0.4 is 21.7 Å². The summed E-state index contributed by atoms with van der Waals surface area (Å²) in [5, 5.41) is 8.71. The maximum absolute atomic E-state index is 14.8. The number of primary amides is 1. The van der Waals surface area contributed by atoms with Gasteiger partial charge in [0, 0.05) is 32.4 Å². The van der Waals surface area contributed by atoms with Crippen LogP contribution in [-0.2, 0) is 29.2 Å². The summed E-state index contributed by atoms with van der Waals surface area (Å²) >= 11 is 0. The van der Waals surface area contributed by atoms with Crippen molar-refractivity contribution in [1.29, 1.82) is 0 Å². The molecule has 0 spiro atoms. The third-order valence-electron chi connectivity index (χ3n) is 12.5. The van der Waals surface area contributed by atoms with Gasteiger partial charge in [0.1, 0.15) is 18.1 Å². The van der Waals surface area contributed by atoms with Gasteiger partial charge in [-0.2, -0.15) is 4.31 Å². The lowest BCUT2D eigenvalue weighted by atomic mass is 9.70. The molecular weight excluding hydrogens is 687 g/mol. The first-order valence-corrected chi connectivity index (χ1v) is 20.0. The number of sulfonamides is 1. The summed E-state index contributed by atoms with van der Waals surface area (Å²) in [6, 6.07) is 0.464. The molecule has 0 bridgehead atoms. The minimum absolute atomic E-state index is 0.0509. The van der Waals surface area contributed by atoms with Crippen molar-refractivity contribution in [2.75, 3.05) is 20.1 Å². The van der Waals surface area contributed by atoms with Crippen molar-refractivity contribution in [1.82, 2.24) is 30.1 Å². The van der Waals surface area contributed by atoms with Gasteiger partial charge in [-0.1, -0.05) is 73.3 Å². The van der Waals surface area contributed by atoms with E-state index >= 15 is 0 Å². The summed E-state index contributed by atoms with van der Waals surface area (Å²) in [7, 11) is -2.51. The van der Waals surface area contributed by atoms with Crippen LogP contribution in [0.3, 0.4) is 0 Å². The minimum Gasteiger partial charge on any atom is -0.363 e. The number of amides is 5. The fourth-order valence-corrected chi connectivity index (χ4v) is 9.71. The molecule has 2 heterocycles. The van der Waals surface area contributed by atoms with Crippen molar-refractivity contribution >= 4 is 39.6 Å². The number of carbonyl (C=O) groups excluding carboxylic acids is 5. The topological polar surface area (TPSA) is 201 Å². The smallest absolute Gasteiger partial charge is 0.315 e. The molecular formula is C37H57N7O7S. The van der Waals surface area contributed by atoms with E-state index in [1.54, 1.807) is 17.0 Å². The normalized spacial score (nSPS) is 25.5. The highest BCUT2D eigenvalue weighted by atomic mass is 32.2. The van der Waals surface area contributed by atoms with Gasteiger partial charge in [0.05, 0.1) is 0 Å². The largest absolute Gasteiger partial charge is 0.363 e. The van der Waals surface area contributed by atoms with E-state index in [1.807, 2.05) is 27.7 Å². The maximum Gasteiger partial charge on any atom is 0.315 e. The van der Waals surface area contributed by atoms with Gasteiger partial charge >= 0.3 is 6.03 Å². The third-order valence-corrected chi connectivity index (χ3v) is 14.3. The molecule has 1 unspecified atom stereocenters. The number of aromatic nitrogens is 1. The van der Waals surface area contributed by atoms with Crippen LogP contribution in [0.25, 0.3) is 0 Å². The Bertz CT molecular complexity index is 1650. The van der Waals surface area contributed by atoms with Crippen molar-refractivity contribution in [2.24, 2.45) is 39.7 Å². The number of nitrogens with zero attached hydrogens (tertiary/aromatic N) is 3. The number of fused-ring (bicyclic) bond motifs is 1. The van der Waals surface area contributed by atoms with Crippen molar-refractivity contribution in [2.45, 2.75) is 122 Å². The highest BCUT2D eigenvalue weighted by Crippen LogP contribution is 2.65. The van der Waals surface area contributed by atoms with Crippen LogP contribution in [-0.4, -0.2) is 96.4 Å². The number of likely N-dealkylation sites (N-methyl/N-ethyl adjacent to an activating group) is 1. The number of nitrogens with one attached hydrogen (secondary N) is 3. The maximum atomic E-state index is 14.8. The molecule has 4 fully saturated rings. The monoisotopic (exact) mass is 743 g/mol. The number of hydrogen-bond acceptors (Lipinski definition) is 8. The van der Waals surface area contributed by atoms with E-state index in [9.17, 15) is 32.4 Å². The lowest BCUT2D eigenvalue weighted by Crippen LogP contribution is -2.64. The number of likely N-dealkylation sites (tertiary alicyclic amines) is 1. The first kappa shape index (κ1) is 39.6. The molecule has 14 nitrogen and oxygen atoms in total. The van der Waals surface area contributed by atoms with E-state index in [0.29, 0.717) is 32.2 Å². The highest BCUT2D eigenvalue weighted by molar-refractivity contribution is 7.89. The van der Waals surface area contributed by atoms with Gasteiger partial charge in [0.15, 0.2) is 5.03 Å². The van der Waals surface area contributed by atoms with E-state index in [-0.39, 0.29) is 40.6 Å². The number of nitrogens with two attached hydrogens (primary N) is 1. The second-order valence-corrected chi connectivity index (χ2v) is 19.4. The Labute approximate surface area is 307 Å². The van der Waals surface area contributed by atoms with Crippen LogP contribution in [0.4, 0.5) is 4.79 Å². The molecule has 0 aromatic carbocycles. The van der Waals surface area contributed by atoms with Crippen LogP contribution in [0.2, 0.25) is 0 Å². The molecule has 5 amide bonds. The third kappa shape index (κ3) is 7.85. The number of ketones is 1. The fraction of sp³-hybridized carbons (Fsp3) is 0.730. The Morgan fingerprint density at radius 1 is 1.00 bits per heavy atom. The summed E-state index contributed by atoms with van der Waals surface area (Å²) < 4.78 is 27.8. The van der Waals surface area contributed by atoms with E-state index in [2.05, 4.69) is 34.8 Å².